The molecular formula is C21H25FN2O4S. The molecule has 0 unspecified atom stereocenters. The van der Waals surface area contributed by atoms with Crippen molar-refractivity contribution in [3.8, 4) is 5.75 Å². The van der Waals surface area contributed by atoms with Crippen molar-refractivity contribution < 1.29 is 22.3 Å². The van der Waals surface area contributed by atoms with Gasteiger partial charge in [0.1, 0.15) is 16.5 Å². The van der Waals surface area contributed by atoms with Gasteiger partial charge in [-0.2, -0.15) is 4.31 Å². The van der Waals surface area contributed by atoms with Crippen molar-refractivity contribution in [1.82, 2.24) is 4.31 Å². The largest absolute Gasteiger partial charge is 0.495 e. The van der Waals surface area contributed by atoms with Crippen LogP contribution in [0.15, 0.2) is 47.4 Å². The first kappa shape index (κ1) is 21.3. The number of nitrogens with zero attached hydrogens (tertiary/aromatic N) is 2. The van der Waals surface area contributed by atoms with Gasteiger partial charge in [-0.25, -0.2) is 12.8 Å². The van der Waals surface area contributed by atoms with Gasteiger partial charge in [0, 0.05) is 31.4 Å². The molecule has 3 rings (SSSR count). The number of carbonyl (C=O) groups is 1. The molecule has 2 aromatic rings. The zero-order valence-electron chi connectivity index (χ0n) is 16.6. The van der Waals surface area contributed by atoms with Gasteiger partial charge in [-0.05, 0) is 55.3 Å². The monoisotopic (exact) mass is 420 g/mol. The van der Waals surface area contributed by atoms with E-state index >= 15 is 0 Å². The number of amides is 1. The number of ether oxygens (including phenoxy) is 1. The molecule has 156 valence electrons. The van der Waals surface area contributed by atoms with Crippen molar-refractivity contribution in [3.05, 3.63) is 53.8 Å². The molecule has 1 amide bonds. The maximum Gasteiger partial charge on any atom is 0.258 e. The van der Waals surface area contributed by atoms with Crippen molar-refractivity contribution in [2.45, 2.75) is 30.6 Å². The minimum atomic E-state index is -3.79. The second-order valence-corrected chi connectivity index (χ2v) is 8.93. The lowest BCUT2D eigenvalue weighted by Gasteiger charge is -2.22. The fourth-order valence-corrected chi connectivity index (χ4v) is 5.11. The van der Waals surface area contributed by atoms with Crippen LogP contribution in [0.2, 0.25) is 0 Å². The van der Waals surface area contributed by atoms with Crippen LogP contribution in [0, 0.1) is 5.82 Å². The number of sulfonamides is 1. The van der Waals surface area contributed by atoms with E-state index in [2.05, 4.69) is 0 Å². The summed E-state index contributed by atoms with van der Waals surface area (Å²) in [6.07, 6.45) is 3.63. The maximum atomic E-state index is 13.3. The van der Waals surface area contributed by atoms with E-state index in [0.717, 1.165) is 25.7 Å². The molecule has 1 aliphatic rings. The second-order valence-electron chi connectivity index (χ2n) is 7.02. The summed E-state index contributed by atoms with van der Waals surface area (Å²) in [5, 5.41) is 0. The highest BCUT2D eigenvalue weighted by molar-refractivity contribution is 7.89. The number of hydrogen-bond donors (Lipinski definition) is 0. The highest BCUT2D eigenvalue weighted by Crippen LogP contribution is 2.30. The Balaban J connectivity index is 1.95. The summed E-state index contributed by atoms with van der Waals surface area (Å²) < 4.78 is 46.4. The number of carbonyl (C=O) groups excluding carboxylic acids is 1. The summed E-state index contributed by atoms with van der Waals surface area (Å²) in [7, 11) is -0.828. The van der Waals surface area contributed by atoms with E-state index in [0.29, 0.717) is 18.8 Å². The quantitative estimate of drug-likeness (QED) is 0.740. The molecule has 0 aromatic heterocycles. The van der Waals surface area contributed by atoms with E-state index in [1.54, 1.807) is 7.05 Å². The van der Waals surface area contributed by atoms with Crippen molar-refractivity contribution >= 4 is 21.6 Å². The van der Waals surface area contributed by atoms with Crippen molar-refractivity contribution in [2.75, 3.05) is 32.1 Å². The Morgan fingerprint density at radius 2 is 1.66 bits per heavy atom. The molecule has 29 heavy (non-hydrogen) atoms. The Kier molecular flexibility index (Phi) is 6.54. The predicted octanol–water partition coefficient (Wildman–Crippen LogP) is 3.68. The lowest BCUT2D eigenvalue weighted by atomic mass is 10.1. The van der Waals surface area contributed by atoms with Crippen LogP contribution < -0.4 is 9.64 Å². The maximum absolute atomic E-state index is 13.3. The average Bonchev–Trinajstić information content (AvgIpc) is 3.03. The number of rotatable bonds is 5. The van der Waals surface area contributed by atoms with Crippen LogP contribution in [0.3, 0.4) is 0 Å². The van der Waals surface area contributed by atoms with E-state index in [4.69, 9.17) is 4.74 Å². The molecule has 1 saturated heterocycles. The summed E-state index contributed by atoms with van der Waals surface area (Å²) in [5.41, 5.74) is 0.718. The van der Waals surface area contributed by atoms with Crippen molar-refractivity contribution in [3.63, 3.8) is 0 Å². The fraction of sp³-hybridized carbons (Fsp3) is 0.381. The fourth-order valence-electron chi connectivity index (χ4n) is 3.41. The average molecular weight is 421 g/mol. The molecule has 0 radical (unpaired) electrons. The second kappa shape index (κ2) is 8.92. The van der Waals surface area contributed by atoms with Gasteiger partial charge in [0.25, 0.3) is 5.91 Å². The Bertz CT molecular complexity index is 969. The van der Waals surface area contributed by atoms with Gasteiger partial charge in [-0.3, -0.25) is 4.79 Å². The summed E-state index contributed by atoms with van der Waals surface area (Å²) in [5.74, 6) is -0.591. The lowest BCUT2D eigenvalue weighted by Crippen LogP contribution is -2.32. The van der Waals surface area contributed by atoms with Gasteiger partial charge in [-0.15, -0.1) is 0 Å². The highest BCUT2D eigenvalue weighted by Gasteiger charge is 2.29. The van der Waals surface area contributed by atoms with E-state index in [1.807, 2.05) is 0 Å². The lowest BCUT2D eigenvalue weighted by molar-refractivity contribution is 0.0992. The molecule has 8 heteroatoms. The molecule has 0 saturated carbocycles. The molecule has 1 fully saturated rings. The number of halogens is 1. The smallest absolute Gasteiger partial charge is 0.258 e. The van der Waals surface area contributed by atoms with Gasteiger partial charge in [0.05, 0.1) is 7.11 Å². The highest BCUT2D eigenvalue weighted by atomic mass is 32.2. The number of benzene rings is 2. The molecular weight excluding hydrogens is 395 g/mol. The Morgan fingerprint density at radius 1 is 1.03 bits per heavy atom. The Hall–Kier alpha value is -2.45. The molecule has 0 spiro atoms. The third-order valence-electron chi connectivity index (χ3n) is 5.11. The van der Waals surface area contributed by atoms with Crippen LogP contribution in [0.25, 0.3) is 0 Å². The van der Waals surface area contributed by atoms with Crippen LogP contribution >= 0.6 is 0 Å². The van der Waals surface area contributed by atoms with Gasteiger partial charge in [0.15, 0.2) is 0 Å². The molecule has 1 heterocycles. The van der Waals surface area contributed by atoms with E-state index in [1.165, 1.54) is 58.8 Å². The minimum Gasteiger partial charge on any atom is -0.495 e. The molecule has 0 bridgehead atoms. The van der Waals surface area contributed by atoms with E-state index in [9.17, 15) is 17.6 Å². The molecule has 6 nitrogen and oxygen atoms in total. The van der Waals surface area contributed by atoms with E-state index < -0.39 is 21.7 Å². The van der Waals surface area contributed by atoms with Gasteiger partial charge >= 0.3 is 0 Å². The first-order valence-corrected chi connectivity index (χ1v) is 11.0. The van der Waals surface area contributed by atoms with Crippen LogP contribution in [0.4, 0.5) is 10.1 Å². The van der Waals surface area contributed by atoms with Gasteiger partial charge in [0.2, 0.25) is 10.0 Å². The van der Waals surface area contributed by atoms with Crippen LogP contribution in [-0.4, -0.2) is 45.9 Å². The predicted molar refractivity (Wildman–Crippen MR) is 109 cm³/mol. The van der Waals surface area contributed by atoms with Gasteiger partial charge in [-0.1, -0.05) is 12.8 Å². The third kappa shape index (κ3) is 4.59. The third-order valence-corrected chi connectivity index (χ3v) is 7.03. The van der Waals surface area contributed by atoms with E-state index in [-0.39, 0.29) is 16.2 Å². The molecule has 1 aliphatic heterocycles. The SMILES string of the molecule is COc1ccc(C(=O)N(C)c2ccc(F)cc2)cc1S(=O)(=O)N1CCCCCC1. The van der Waals surface area contributed by atoms with Crippen molar-refractivity contribution in [2.24, 2.45) is 0 Å². The van der Waals surface area contributed by atoms with Crippen LogP contribution in [-0.2, 0) is 10.0 Å². The standard InChI is InChI=1S/C21H25FN2O4S/c1-23(18-10-8-17(22)9-11-18)21(25)16-7-12-19(28-2)20(15-16)29(26,27)24-13-5-3-4-6-14-24/h7-12,15H,3-6,13-14H2,1-2H3. The molecule has 2 aromatic carbocycles. The summed E-state index contributed by atoms with van der Waals surface area (Å²) >= 11 is 0. The topological polar surface area (TPSA) is 66.9 Å². The number of hydrogen-bond acceptors (Lipinski definition) is 4. The zero-order chi connectivity index (χ0) is 21.0. The van der Waals surface area contributed by atoms with Crippen LogP contribution in [0.5, 0.6) is 5.75 Å². The number of methoxy groups -OCH3 is 1. The van der Waals surface area contributed by atoms with Crippen molar-refractivity contribution in [1.29, 1.82) is 0 Å². The normalized spacial score (nSPS) is 15.6. The number of anilines is 1. The van der Waals surface area contributed by atoms with Gasteiger partial charge < -0.3 is 9.64 Å². The first-order chi connectivity index (χ1) is 13.8. The van der Waals surface area contributed by atoms with Crippen LogP contribution in [0.1, 0.15) is 36.0 Å². The zero-order valence-corrected chi connectivity index (χ0v) is 17.4. The first-order valence-electron chi connectivity index (χ1n) is 9.56. The summed E-state index contributed by atoms with van der Waals surface area (Å²) in [6, 6.07) is 9.91. The summed E-state index contributed by atoms with van der Waals surface area (Å²) in [6.45, 7) is 0.915. The molecule has 0 aliphatic carbocycles. The Labute approximate surface area is 170 Å². The Morgan fingerprint density at radius 3 is 2.24 bits per heavy atom. The molecule has 0 atom stereocenters. The summed E-state index contributed by atoms with van der Waals surface area (Å²) in [4.78, 5) is 14.3. The molecule has 0 N–H and O–H groups in total. The minimum absolute atomic E-state index is 0.0137.